The van der Waals surface area contributed by atoms with Crippen LogP contribution >= 0.6 is 0 Å². The van der Waals surface area contributed by atoms with Crippen LogP contribution in [0.25, 0.3) is 0 Å². The van der Waals surface area contributed by atoms with Gasteiger partial charge in [-0.3, -0.25) is 5.10 Å². The average molecular weight is 276 g/mol. The van der Waals surface area contributed by atoms with Crippen LogP contribution in [0.4, 0.5) is 0 Å². The van der Waals surface area contributed by atoms with Gasteiger partial charge in [-0.2, -0.15) is 5.10 Å². The molecule has 2 aromatic rings. The summed E-state index contributed by atoms with van der Waals surface area (Å²) in [5.41, 5.74) is 1.13. The maximum atomic E-state index is 5.57. The van der Waals surface area contributed by atoms with Gasteiger partial charge in [0, 0.05) is 6.54 Å². The summed E-state index contributed by atoms with van der Waals surface area (Å²) in [6.45, 7) is 5.32. The van der Waals surface area contributed by atoms with E-state index in [0.29, 0.717) is 13.2 Å². The molecule has 1 atom stereocenters. The van der Waals surface area contributed by atoms with Gasteiger partial charge in [0.1, 0.15) is 12.2 Å². The Hall–Kier alpha value is -2.08. The molecule has 2 N–H and O–H groups in total. The van der Waals surface area contributed by atoms with E-state index in [9.17, 15) is 0 Å². The van der Waals surface area contributed by atoms with Crippen LogP contribution in [0, 0.1) is 0 Å². The highest BCUT2D eigenvalue weighted by atomic mass is 16.5. The van der Waals surface area contributed by atoms with Crippen molar-refractivity contribution >= 4 is 0 Å². The number of nitrogens with zero attached hydrogens (tertiary/aromatic N) is 2. The summed E-state index contributed by atoms with van der Waals surface area (Å²) in [5.74, 6) is 2.34. The second kappa shape index (κ2) is 6.91. The highest BCUT2D eigenvalue weighted by Gasteiger charge is 2.09. The average Bonchev–Trinajstić information content (AvgIpc) is 2.99. The fraction of sp³-hybridized carbons (Fsp3) is 0.429. The maximum absolute atomic E-state index is 5.57. The van der Waals surface area contributed by atoms with Gasteiger partial charge in [-0.05, 0) is 31.5 Å². The van der Waals surface area contributed by atoms with Crippen molar-refractivity contribution < 1.29 is 9.47 Å². The summed E-state index contributed by atoms with van der Waals surface area (Å²) in [4.78, 5) is 4.13. The molecule has 0 saturated heterocycles. The molecule has 0 fully saturated rings. The van der Waals surface area contributed by atoms with E-state index in [1.54, 1.807) is 7.11 Å². The van der Waals surface area contributed by atoms with E-state index >= 15 is 0 Å². The van der Waals surface area contributed by atoms with Crippen molar-refractivity contribution in [3.05, 3.63) is 35.9 Å². The number of ether oxygens (including phenoxy) is 2. The lowest BCUT2D eigenvalue weighted by Gasteiger charge is -2.13. The lowest BCUT2D eigenvalue weighted by molar-refractivity contribution is 0.310. The number of aromatic nitrogens is 3. The van der Waals surface area contributed by atoms with E-state index in [0.717, 1.165) is 22.9 Å². The van der Waals surface area contributed by atoms with Crippen LogP contribution < -0.4 is 14.8 Å². The van der Waals surface area contributed by atoms with Crippen molar-refractivity contribution in [2.45, 2.75) is 26.4 Å². The van der Waals surface area contributed by atoms with Crippen LogP contribution in [0.3, 0.4) is 0 Å². The molecular formula is C14H20N4O2. The first-order valence-corrected chi connectivity index (χ1v) is 6.63. The third-order valence-corrected chi connectivity index (χ3v) is 2.98. The minimum atomic E-state index is 0.107. The van der Waals surface area contributed by atoms with Gasteiger partial charge < -0.3 is 14.8 Å². The van der Waals surface area contributed by atoms with Crippen LogP contribution in [-0.2, 0) is 6.54 Å². The van der Waals surface area contributed by atoms with Gasteiger partial charge in [0.2, 0.25) is 0 Å². The molecule has 0 saturated carbocycles. The molecule has 0 spiro atoms. The minimum Gasteiger partial charge on any atom is -0.493 e. The van der Waals surface area contributed by atoms with Crippen LogP contribution in [0.2, 0.25) is 0 Å². The second-order valence-electron chi connectivity index (χ2n) is 4.39. The largest absolute Gasteiger partial charge is 0.493 e. The normalized spacial score (nSPS) is 12.2. The Morgan fingerprint density at radius 1 is 1.35 bits per heavy atom. The molecule has 0 aliphatic carbocycles. The minimum absolute atomic E-state index is 0.107. The third-order valence-electron chi connectivity index (χ3n) is 2.98. The SMILES string of the molecule is CCOc1cc(CNC(C)c2ncn[nH]2)ccc1OC. The quantitative estimate of drug-likeness (QED) is 0.810. The Bertz CT molecular complexity index is 528. The van der Waals surface area contributed by atoms with E-state index in [2.05, 4.69) is 20.5 Å². The van der Waals surface area contributed by atoms with E-state index in [-0.39, 0.29) is 6.04 Å². The Kier molecular flexibility index (Phi) is 4.95. The standard InChI is InChI=1S/C14H20N4O2/c1-4-20-13-7-11(5-6-12(13)19-3)8-15-10(2)14-16-9-17-18-14/h5-7,9-10,15H,4,8H2,1-3H3,(H,16,17,18). The monoisotopic (exact) mass is 276 g/mol. The highest BCUT2D eigenvalue weighted by Crippen LogP contribution is 2.28. The summed E-state index contributed by atoms with van der Waals surface area (Å²) in [6, 6.07) is 6.03. The van der Waals surface area contributed by atoms with Gasteiger partial charge >= 0.3 is 0 Å². The Balaban J connectivity index is 2.00. The number of methoxy groups -OCH3 is 1. The summed E-state index contributed by atoms with van der Waals surface area (Å²) in [7, 11) is 1.64. The molecule has 108 valence electrons. The number of H-pyrrole nitrogens is 1. The van der Waals surface area contributed by atoms with Crippen molar-refractivity contribution in [3.8, 4) is 11.5 Å². The first-order valence-electron chi connectivity index (χ1n) is 6.63. The smallest absolute Gasteiger partial charge is 0.161 e. The molecule has 1 heterocycles. The third kappa shape index (κ3) is 3.48. The number of hydrogen-bond donors (Lipinski definition) is 2. The fourth-order valence-electron chi connectivity index (χ4n) is 1.89. The Morgan fingerprint density at radius 3 is 2.85 bits per heavy atom. The van der Waals surface area contributed by atoms with Gasteiger partial charge in [0.15, 0.2) is 11.5 Å². The second-order valence-corrected chi connectivity index (χ2v) is 4.39. The molecule has 0 aliphatic rings. The number of nitrogens with one attached hydrogen (secondary N) is 2. The van der Waals surface area contributed by atoms with Crippen molar-refractivity contribution in [1.82, 2.24) is 20.5 Å². The molecule has 1 aromatic carbocycles. The van der Waals surface area contributed by atoms with Crippen molar-refractivity contribution in [2.24, 2.45) is 0 Å². The molecule has 0 bridgehead atoms. The Labute approximate surface area is 118 Å². The summed E-state index contributed by atoms with van der Waals surface area (Å²) in [5, 5.41) is 10.1. The molecule has 2 rings (SSSR count). The predicted molar refractivity (Wildman–Crippen MR) is 75.8 cm³/mol. The van der Waals surface area contributed by atoms with Crippen LogP contribution in [-0.4, -0.2) is 28.9 Å². The number of hydrogen-bond acceptors (Lipinski definition) is 5. The molecule has 0 radical (unpaired) electrons. The van der Waals surface area contributed by atoms with E-state index in [1.807, 2.05) is 32.0 Å². The van der Waals surface area contributed by atoms with Crippen molar-refractivity contribution in [1.29, 1.82) is 0 Å². The summed E-state index contributed by atoms with van der Waals surface area (Å²) in [6.07, 6.45) is 1.51. The summed E-state index contributed by atoms with van der Waals surface area (Å²) >= 11 is 0. The number of benzene rings is 1. The topological polar surface area (TPSA) is 72.1 Å². The lowest BCUT2D eigenvalue weighted by atomic mass is 10.2. The first kappa shape index (κ1) is 14.3. The highest BCUT2D eigenvalue weighted by molar-refractivity contribution is 5.42. The molecular weight excluding hydrogens is 256 g/mol. The van der Waals surface area contributed by atoms with E-state index in [1.165, 1.54) is 6.33 Å². The molecule has 6 nitrogen and oxygen atoms in total. The van der Waals surface area contributed by atoms with Gasteiger partial charge in [-0.1, -0.05) is 6.07 Å². The Morgan fingerprint density at radius 2 is 2.20 bits per heavy atom. The zero-order valence-corrected chi connectivity index (χ0v) is 12.0. The lowest BCUT2D eigenvalue weighted by Crippen LogP contribution is -2.19. The van der Waals surface area contributed by atoms with Crippen molar-refractivity contribution in [3.63, 3.8) is 0 Å². The van der Waals surface area contributed by atoms with Crippen molar-refractivity contribution in [2.75, 3.05) is 13.7 Å². The van der Waals surface area contributed by atoms with Crippen LogP contribution in [0.15, 0.2) is 24.5 Å². The predicted octanol–water partition coefficient (Wildman–Crippen LogP) is 2.06. The number of rotatable bonds is 7. The van der Waals surface area contributed by atoms with Gasteiger partial charge in [0.05, 0.1) is 19.8 Å². The molecule has 6 heteroatoms. The van der Waals surface area contributed by atoms with Crippen LogP contribution in [0.5, 0.6) is 11.5 Å². The zero-order valence-electron chi connectivity index (χ0n) is 12.0. The summed E-state index contributed by atoms with van der Waals surface area (Å²) < 4.78 is 10.8. The number of aromatic amines is 1. The molecule has 20 heavy (non-hydrogen) atoms. The zero-order chi connectivity index (χ0) is 14.4. The first-order chi connectivity index (χ1) is 9.74. The van der Waals surface area contributed by atoms with E-state index in [4.69, 9.17) is 9.47 Å². The van der Waals surface area contributed by atoms with Gasteiger partial charge in [-0.15, -0.1) is 0 Å². The van der Waals surface area contributed by atoms with Crippen LogP contribution in [0.1, 0.15) is 31.3 Å². The fourth-order valence-corrected chi connectivity index (χ4v) is 1.89. The maximum Gasteiger partial charge on any atom is 0.161 e. The molecule has 0 amide bonds. The van der Waals surface area contributed by atoms with Gasteiger partial charge in [-0.25, -0.2) is 4.98 Å². The molecule has 1 aromatic heterocycles. The molecule has 0 aliphatic heterocycles. The van der Waals surface area contributed by atoms with E-state index < -0.39 is 0 Å². The van der Waals surface area contributed by atoms with Gasteiger partial charge in [0.25, 0.3) is 0 Å². The molecule has 1 unspecified atom stereocenters.